The van der Waals surface area contributed by atoms with Crippen LogP contribution in [-0.4, -0.2) is 70.9 Å². The lowest BCUT2D eigenvalue weighted by Gasteiger charge is -2.27. The van der Waals surface area contributed by atoms with Crippen LogP contribution in [0.5, 0.6) is 0 Å². The normalized spacial score (nSPS) is 26.9. The molecule has 0 bridgehead atoms. The molecule has 1 N–H and O–H groups in total. The van der Waals surface area contributed by atoms with Gasteiger partial charge in [0.05, 0.1) is 38.2 Å². The highest BCUT2D eigenvalue weighted by molar-refractivity contribution is 4.99. The first-order valence-corrected chi connectivity index (χ1v) is 8.81. The average molecular weight is 323 g/mol. The van der Waals surface area contributed by atoms with Crippen LogP contribution in [0.2, 0.25) is 0 Å². The highest BCUT2D eigenvalue weighted by Gasteiger charge is 2.27. The first kappa shape index (κ1) is 16.9. The Kier molecular flexibility index (Phi) is 6.05. The Morgan fingerprint density at radius 3 is 3.09 bits per heavy atom. The first-order valence-electron chi connectivity index (χ1n) is 8.81. The second-order valence-electron chi connectivity index (χ2n) is 6.86. The zero-order valence-corrected chi connectivity index (χ0v) is 14.1. The number of rotatable bonds is 8. The van der Waals surface area contributed by atoms with Gasteiger partial charge >= 0.3 is 0 Å². The minimum atomic E-state index is -0.434. The van der Waals surface area contributed by atoms with Crippen molar-refractivity contribution in [1.82, 2.24) is 14.7 Å². The second-order valence-corrected chi connectivity index (χ2v) is 6.86. The molecule has 2 saturated heterocycles. The highest BCUT2D eigenvalue weighted by atomic mass is 16.5. The Hall–Kier alpha value is -0.950. The number of ether oxygens (including phenoxy) is 2. The second kappa shape index (κ2) is 8.24. The van der Waals surface area contributed by atoms with Gasteiger partial charge in [-0.2, -0.15) is 5.10 Å². The fourth-order valence-electron chi connectivity index (χ4n) is 3.56. The molecule has 0 amide bonds. The molecule has 2 fully saturated rings. The molecule has 2 aliphatic rings. The van der Waals surface area contributed by atoms with Crippen molar-refractivity contribution in [3.05, 3.63) is 18.0 Å². The quantitative estimate of drug-likeness (QED) is 0.779. The van der Waals surface area contributed by atoms with Gasteiger partial charge in [-0.05, 0) is 44.7 Å². The van der Waals surface area contributed by atoms with E-state index in [0.717, 1.165) is 32.5 Å². The number of aliphatic hydroxyl groups excluding tert-OH is 1. The lowest BCUT2D eigenvalue weighted by Crippen LogP contribution is -2.40. The zero-order chi connectivity index (χ0) is 16.1. The van der Waals surface area contributed by atoms with E-state index in [1.54, 1.807) is 0 Å². The summed E-state index contributed by atoms with van der Waals surface area (Å²) < 4.78 is 13.2. The maximum atomic E-state index is 10.2. The summed E-state index contributed by atoms with van der Waals surface area (Å²) in [5, 5.41) is 14.6. The molecule has 23 heavy (non-hydrogen) atoms. The summed E-state index contributed by atoms with van der Waals surface area (Å²) in [6, 6.07) is 0.460. The summed E-state index contributed by atoms with van der Waals surface area (Å²) in [4.78, 5) is 2.37. The maximum absolute atomic E-state index is 10.2. The Bertz CT molecular complexity index is 473. The largest absolute Gasteiger partial charge is 0.389 e. The lowest BCUT2D eigenvalue weighted by atomic mass is 10.2. The molecule has 3 rings (SSSR count). The molecule has 0 unspecified atom stereocenters. The SMILES string of the molecule is Cc1cnn(C[C@@H]2CCCN2C[C@@H](O)COC[C@@H]2CCCO2)c1. The monoisotopic (exact) mass is 323 g/mol. The molecule has 0 aliphatic carbocycles. The smallest absolute Gasteiger partial charge is 0.0900 e. The van der Waals surface area contributed by atoms with Crippen LogP contribution in [0.25, 0.3) is 0 Å². The third-order valence-corrected chi connectivity index (χ3v) is 4.74. The summed E-state index contributed by atoms with van der Waals surface area (Å²) in [5.41, 5.74) is 1.19. The number of nitrogens with zero attached hydrogens (tertiary/aromatic N) is 3. The average Bonchev–Trinajstić information content (AvgIpc) is 3.24. The summed E-state index contributed by atoms with van der Waals surface area (Å²) >= 11 is 0. The summed E-state index contributed by atoms with van der Waals surface area (Å²) in [5.74, 6) is 0. The molecule has 0 aromatic carbocycles. The number of likely N-dealkylation sites (tertiary alicyclic amines) is 1. The number of hydrogen-bond acceptors (Lipinski definition) is 5. The van der Waals surface area contributed by atoms with Crippen LogP contribution in [0.3, 0.4) is 0 Å². The third kappa shape index (κ3) is 5.01. The minimum absolute atomic E-state index is 0.227. The number of aryl methyl sites for hydroxylation is 1. The van der Waals surface area contributed by atoms with Gasteiger partial charge in [0.2, 0.25) is 0 Å². The zero-order valence-electron chi connectivity index (χ0n) is 14.1. The van der Waals surface area contributed by atoms with Crippen molar-refractivity contribution in [3.63, 3.8) is 0 Å². The van der Waals surface area contributed by atoms with Gasteiger partial charge in [-0.3, -0.25) is 9.58 Å². The predicted molar refractivity (Wildman–Crippen MR) is 87.4 cm³/mol. The predicted octanol–water partition coefficient (Wildman–Crippen LogP) is 1.21. The molecule has 2 aliphatic heterocycles. The van der Waals surface area contributed by atoms with E-state index >= 15 is 0 Å². The van der Waals surface area contributed by atoms with Gasteiger partial charge < -0.3 is 14.6 Å². The van der Waals surface area contributed by atoms with Crippen LogP contribution in [0.4, 0.5) is 0 Å². The first-order chi connectivity index (χ1) is 11.2. The van der Waals surface area contributed by atoms with Gasteiger partial charge in [0, 0.05) is 25.4 Å². The van der Waals surface area contributed by atoms with E-state index in [4.69, 9.17) is 9.47 Å². The van der Waals surface area contributed by atoms with Crippen molar-refractivity contribution >= 4 is 0 Å². The standard InChI is InChI=1S/C17H29N3O3/c1-14-8-18-20(9-14)10-15-4-2-6-19(15)11-16(21)12-22-13-17-5-3-7-23-17/h8-9,15-17,21H,2-7,10-13H2,1H3/t15-,16+,17-/m0/s1. The molecule has 6 heteroatoms. The molecule has 0 radical (unpaired) electrons. The third-order valence-electron chi connectivity index (χ3n) is 4.74. The van der Waals surface area contributed by atoms with E-state index in [1.165, 1.54) is 18.4 Å². The topological polar surface area (TPSA) is 59.8 Å². The molecule has 3 heterocycles. The van der Waals surface area contributed by atoms with E-state index in [1.807, 2.05) is 10.9 Å². The summed E-state index contributed by atoms with van der Waals surface area (Å²) in [6.45, 7) is 6.53. The highest BCUT2D eigenvalue weighted by Crippen LogP contribution is 2.19. The summed E-state index contributed by atoms with van der Waals surface area (Å²) in [7, 11) is 0. The van der Waals surface area contributed by atoms with Gasteiger partial charge in [-0.1, -0.05) is 0 Å². The molecule has 6 nitrogen and oxygen atoms in total. The molecular formula is C17H29N3O3. The van der Waals surface area contributed by atoms with Gasteiger partial charge in [0.25, 0.3) is 0 Å². The number of aromatic nitrogens is 2. The number of β-amino-alcohol motifs (C(OH)–C–C–N with tert-alkyl or cyclic N) is 1. The van der Waals surface area contributed by atoms with Gasteiger partial charge in [-0.15, -0.1) is 0 Å². The Morgan fingerprint density at radius 1 is 1.43 bits per heavy atom. The van der Waals surface area contributed by atoms with E-state index in [0.29, 0.717) is 25.8 Å². The molecule has 1 aromatic heterocycles. The number of aliphatic hydroxyl groups is 1. The van der Waals surface area contributed by atoms with E-state index in [2.05, 4.69) is 23.1 Å². The molecule has 0 spiro atoms. The van der Waals surface area contributed by atoms with Crippen molar-refractivity contribution in [2.24, 2.45) is 0 Å². The van der Waals surface area contributed by atoms with Crippen molar-refractivity contribution in [2.45, 2.75) is 57.4 Å². The van der Waals surface area contributed by atoms with E-state index in [-0.39, 0.29) is 6.10 Å². The van der Waals surface area contributed by atoms with E-state index < -0.39 is 6.10 Å². The van der Waals surface area contributed by atoms with Crippen molar-refractivity contribution in [2.75, 3.05) is 32.9 Å². The van der Waals surface area contributed by atoms with Crippen LogP contribution in [0.1, 0.15) is 31.2 Å². The van der Waals surface area contributed by atoms with E-state index in [9.17, 15) is 5.11 Å². The van der Waals surface area contributed by atoms with Crippen LogP contribution in [0.15, 0.2) is 12.4 Å². The minimum Gasteiger partial charge on any atom is -0.389 e. The van der Waals surface area contributed by atoms with Gasteiger partial charge in [0.1, 0.15) is 0 Å². The van der Waals surface area contributed by atoms with Crippen molar-refractivity contribution in [1.29, 1.82) is 0 Å². The van der Waals surface area contributed by atoms with Gasteiger partial charge in [0.15, 0.2) is 0 Å². The Balaban J connectivity index is 1.38. The Morgan fingerprint density at radius 2 is 2.35 bits per heavy atom. The maximum Gasteiger partial charge on any atom is 0.0900 e. The van der Waals surface area contributed by atoms with Crippen molar-refractivity contribution < 1.29 is 14.6 Å². The fourth-order valence-corrected chi connectivity index (χ4v) is 3.56. The molecule has 3 atom stereocenters. The molecular weight excluding hydrogens is 294 g/mol. The molecule has 0 saturated carbocycles. The van der Waals surface area contributed by atoms with Crippen LogP contribution in [0, 0.1) is 6.92 Å². The Labute approximate surface area is 138 Å². The molecule has 1 aromatic rings. The fraction of sp³-hybridized carbons (Fsp3) is 0.824. The molecule has 130 valence electrons. The summed E-state index contributed by atoms with van der Waals surface area (Å²) in [6.07, 6.45) is 8.33. The lowest BCUT2D eigenvalue weighted by molar-refractivity contribution is -0.0265. The van der Waals surface area contributed by atoms with Crippen molar-refractivity contribution in [3.8, 4) is 0 Å². The van der Waals surface area contributed by atoms with Gasteiger partial charge in [-0.25, -0.2) is 0 Å². The van der Waals surface area contributed by atoms with Crippen LogP contribution in [-0.2, 0) is 16.0 Å². The number of hydrogen-bond donors (Lipinski definition) is 1. The van der Waals surface area contributed by atoms with Crippen LogP contribution < -0.4 is 0 Å². The van der Waals surface area contributed by atoms with Crippen LogP contribution >= 0.6 is 0 Å².